The summed E-state index contributed by atoms with van der Waals surface area (Å²) in [6.07, 6.45) is 0. The largest absolute Gasteiger partial charge is 0.497 e. The fourth-order valence-corrected chi connectivity index (χ4v) is 3.29. The Balaban J connectivity index is 1.51. The first-order chi connectivity index (χ1) is 14.6. The molecule has 0 unspecified atom stereocenters. The summed E-state index contributed by atoms with van der Waals surface area (Å²) in [6.45, 7) is 0.216. The second-order valence-electron chi connectivity index (χ2n) is 6.87. The molecule has 1 amide bonds. The van der Waals surface area contributed by atoms with E-state index < -0.39 is 0 Å². The summed E-state index contributed by atoms with van der Waals surface area (Å²) < 4.78 is 6.32. The molecule has 6 nitrogen and oxygen atoms in total. The Hall–Kier alpha value is -3.93. The van der Waals surface area contributed by atoms with Gasteiger partial charge in [0.2, 0.25) is 5.91 Å². The van der Waals surface area contributed by atoms with E-state index in [1.54, 1.807) is 13.2 Å². The molecule has 0 radical (unpaired) electrons. The zero-order valence-corrected chi connectivity index (χ0v) is 16.5. The monoisotopic (exact) mass is 399 g/mol. The van der Waals surface area contributed by atoms with Crippen LogP contribution in [0.15, 0.2) is 83.7 Å². The van der Waals surface area contributed by atoms with Gasteiger partial charge < -0.3 is 10.1 Å². The number of rotatable bonds is 6. The number of nitrogens with one attached hydrogen (secondary N) is 1. The number of benzene rings is 3. The van der Waals surface area contributed by atoms with E-state index >= 15 is 0 Å². The van der Waals surface area contributed by atoms with Crippen LogP contribution in [0, 0.1) is 0 Å². The SMILES string of the molecule is COc1ccc(CNC(=O)Cn2nc(-c3cccc4ccccc34)ccc2=O)cc1. The molecule has 0 saturated heterocycles. The van der Waals surface area contributed by atoms with Gasteiger partial charge in [-0.15, -0.1) is 0 Å². The van der Waals surface area contributed by atoms with E-state index in [1.807, 2.05) is 66.7 Å². The highest BCUT2D eigenvalue weighted by molar-refractivity contribution is 5.95. The highest BCUT2D eigenvalue weighted by atomic mass is 16.5. The number of fused-ring (bicyclic) bond motifs is 1. The van der Waals surface area contributed by atoms with Crippen molar-refractivity contribution in [3.63, 3.8) is 0 Å². The molecule has 3 aromatic carbocycles. The average molecular weight is 399 g/mol. The number of methoxy groups -OCH3 is 1. The van der Waals surface area contributed by atoms with Crippen molar-refractivity contribution in [2.75, 3.05) is 7.11 Å². The number of nitrogens with zero attached hydrogens (tertiary/aromatic N) is 2. The number of hydrogen-bond acceptors (Lipinski definition) is 4. The zero-order valence-electron chi connectivity index (χ0n) is 16.5. The lowest BCUT2D eigenvalue weighted by molar-refractivity contribution is -0.122. The zero-order chi connectivity index (χ0) is 20.9. The Morgan fingerprint density at radius 3 is 2.53 bits per heavy atom. The standard InChI is InChI=1S/C24H21N3O3/c1-30-19-11-9-17(10-12-19)15-25-23(28)16-27-24(29)14-13-22(26-27)21-8-4-6-18-5-2-3-7-20(18)21/h2-14H,15-16H2,1H3,(H,25,28). The summed E-state index contributed by atoms with van der Waals surface area (Å²) in [5.74, 6) is 0.474. The van der Waals surface area contributed by atoms with Gasteiger partial charge in [0, 0.05) is 18.2 Å². The minimum absolute atomic E-state index is 0.145. The van der Waals surface area contributed by atoms with E-state index in [4.69, 9.17) is 4.74 Å². The third-order valence-corrected chi connectivity index (χ3v) is 4.87. The summed E-state index contributed by atoms with van der Waals surface area (Å²) in [7, 11) is 1.61. The number of aromatic nitrogens is 2. The number of carbonyl (C=O) groups excluding carboxylic acids is 1. The Bertz CT molecular complexity index is 1240. The number of amides is 1. The lowest BCUT2D eigenvalue weighted by atomic mass is 10.0. The molecule has 0 aliphatic rings. The molecular weight excluding hydrogens is 378 g/mol. The summed E-state index contributed by atoms with van der Waals surface area (Å²) in [6, 6.07) is 24.5. The van der Waals surface area contributed by atoms with Crippen LogP contribution in [-0.4, -0.2) is 22.8 Å². The molecule has 1 heterocycles. The van der Waals surface area contributed by atoms with Crippen molar-refractivity contribution >= 4 is 16.7 Å². The first-order valence-electron chi connectivity index (χ1n) is 9.60. The van der Waals surface area contributed by atoms with E-state index in [1.165, 1.54) is 10.7 Å². The van der Waals surface area contributed by atoms with Gasteiger partial charge in [0.05, 0.1) is 12.8 Å². The molecule has 150 valence electrons. The number of carbonyl (C=O) groups is 1. The van der Waals surface area contributed by atoms with Crippen molar-refractivity contribution < 1.29 is 9.53 Å². The highest BCUT2D eigenvalue weighted by Gasteiger charge is 2.10. The molecule has 4 rings (SSSR count). The topological polar surface area (TPSA) is 73.2 Å². The van der Waals surface area contributed by atoms with E-state index in [-0.39, 0.29) is 18.0 Å². The van der Waals surface area contributed by atoms with E-state index in [0.717, 1.165) is 27.6 Å². The predicted octanol–water partition coefficient (Wildman–Crippen LogP) is 3.39. The molecule has 0 spiro atoms. The van der Waals surface area contributed by atoms with Gasteiger partial charge in [0.1, 0.15) is 12.3 Å². The quantitative estimate of drug-likeness (QED) is 0.539. The smallest absolute Gasteiger partial charge is 0.267 e. The van der Waals surface area contributed by atoms with Crippen LogP contribution in [-0.2, 0) is 17.9 Å². The predicted molar refractivity (Wildman–Crippen MR) is 116 cm³/mol. The van der Waals surface area contributed by atoms with Gasteiger partial charge in [0.25, 0.3) is 5.56 Å². The lowest BCUT2D eigenvalue weighted by Gasteiger charge is -2.10. The van der Waals surface area contributed by atoms with Crippen molar-refractivity contribution in [1.82, 2.24) is 15.1 Å². The van der Waals surface area contributed by atoms with Crippen molar-refractivity contribution in [1.29, 1.82) is 0 Å². The van der Waals surface area contributed by atoms with Gasteiger partial charge >= 0.3 is 0 Å². The van der Waals surface area contributed by atoms with Gasteiger partial charge in [0.15, 0.2) is 0 Å². The fraction of sp³-hybridized carbons (Fsp3) is 0.125. The van der Waals surface area contributed by atoms with Crippen LogP contribution in [0.5, 0.6) is 5.75 Å². The van der Waals surface area contributed by atoms with Crippen molar-refractivity contribution in [3.05, 3.63) is 94.8 Å². The minimum Gasteiger partial charge on any atom is -0.497 e. The first-order valence-corrected chi connectivity index (χ1v) is 9.60. The molecule has 4 aromatic rings. The third kappa shape index (κ3) is 4.22. The molecule has 0 atom stereocenters. The highest BCUT2D eigenvalue weighted by Crippen LogP contribution is 2.26. The molecule has 0 fully saturated rings. The van der Waals surface area contributed by atoms with Gasteiger partial charge in [-0.25, -0.2) is 4.68 Å². The number of hydrogen-bond donors (Lipinski definition) is 1. The molecule has 1 N–H and O–H groups in total. The van der Waals surface area contributed by atoms with Crippen LogP contribution in [0.2, 0.25) is 0 Å². The van der Waals surface area contributed by atoms with Crippen molar-refractivity contribution in [2.24, 2.45) is 0 Å². The second kappa shape index (κ2) is 8.61. The van der Waals surface area contributed by atoms with Crippen molar-refractivity contribution in [2.45, 2.75) is 13.1 Å². The van der Waals surface area contributed by atoms with Gasteiger partial charge in [-0.3, -0.25) is 9.59 Å². The summed E-state index contributed by atoms with van der Waals surface area (Å²) in [5.41, 5.74) is 2.18. The summed E-state index contributed by atoms with van der Waals surface area (Å²) in [4.78, 5) is 24.6. The maximum Gasteiger partial charge on any atom is 0.267 e. The Morgan fingerprint density at radius 1 is 0.967 bits per heavy atom. The Morgan fingerprint density at radius 2 is 1.73 bits per heavy atom. The van der Waals surface area contributed by atoms with Crippen molar-refractivity contribution in [3.8, 4) is 17.0 Å². The molecule has 0 aliphatic heterocycles. The normalized spacial score (nSPS) is 10.7. The maximum absolute atomic E-state index is 12.4. The molecule has 1 aromatic heterocycles. The average Bonchev–Trinajstić information content (AvgIpc) is 2.79. The Labute approximate surface area is 173 Å². The van der Waals surface area contributed by atoms with Gasteiger partial charge in [-0.1, -0.05) is 54.6 Å². The van der Waals surface area contributed by atoms with E-state index in [2.05, 4.69) is 10.4 Å². The molecule has 30 heavy (non-hydrogen) atoms. The van der Waals surface area contributed by atoms with Crippen LogP contribution in [0.25, 0.3) is 22.0 Å². The third-order valence-electron chi connectivity index (χ3n) is 4.87. The first kappa shape index (κ1) is 19.4. The lowest BCUT2D eigenvalue weighted by Crippen LogP contribution is -2.33. The van der Waals surface area contributed by atoms with Gasteiger partial charge in [-0.05, 0) is 34.5 Å². The molecular formula is C24H21N3O3. The molecule has 0 saturated carbocycles. The minimum atomic E-state index is -0.321. The van der Waals surface area contributed by atoms with Crippen LogP contribution >= 0.6 is 0 Å². The number of ether oxygens (including phenoxy) is 1. The van der Waals surface area contributed by atoms with Crippen LogP contribution < -0.4 is 15.6 Å². The fourth-order valence-electron chi connectivity index (χ4n) is 3.29. The van der Waals surface area contributed by atoms with Crippen LogP contribution in [0.4, 0.5) is 0 Å². The van der Waals surface area contributed by atoms with Crippen LogP contribution in [0.1, 0.15) is 5.56 Å². The molecule has 0 aliphatic carbocycles. The summed E-state index contributed by atoms with van der Waals surface area (Å²) in [5, 5.41) is 9.39. The van der Waals surface area contributed by atoms with E-state index in [0.29, 0.717) is 12.2 Å². The van der Waals surface area contributed by atoms with E-state index in [9.17, 15) is 9.59 Å². The molecule has 6 heteroatoms. The Kier molecular flexibility index (Phi) is 5.57. The second-order valence-corrected chi connectivity index (χ2v) is 6.87. The maximum atomic E-state index is 12.4. The summed E-state index contributed by atoms with van der Waals surface area (Å²) >= 11 is 0. The molecule has 0 bridgehead atoms. The van der Waals surface area contributed by atoms with Gasteiger partial charge in [-0.2, -0.15) is 5.10 Å². The van der Waals surface area contributed by atoms with Crippen LogP contribution in [0.3, 0.4) is 0 Å².